The molecule has 1 aromatic heterocycles. The van der Waals surface area contributed by atoms with Crippen molar-refractivity contribution in [2.24, 2.45) is 0 Å². The number of benzene rings is 1. The van der Waals surface area contributed by atoms with Gasteiger partial charge in [-0.05, 0) is 41.6 Å². The van der Waals surface area contributed by atoms with Crippen molar-refractivity contribution >= 4 is 11.3 Å². The molecule has 72 valence electrons. The van der Waals surface area contributed by atoms with Crippen LogP contribution in [0.5, 0.6) is 0 Å². The van der Waals surface area contributed by atoms with Crippen LogP contribution in [0.3, 0.4) is 0 Å². The lowest BCUT2D eigenvalue weighted by Gasteiger charge is -2.01. The smallest absolute Gasteiger partial charge is 0.123 e. The third-order valence-electron chi connectivity index (χ3n) is 2.06. The SMILES string of the molecule is Cc1cc(F)cc(Cc2cccs2)c1. The Hall–Kier alpha value is -1.15. The molecular weight excluding hydrogens is 195 g/mol. The summed E-state index contributed by atoms with van der Waals surface area (Å²) >= 11 is 1.71. The number of aryl methyl sites for hydroxylation is 1. The molecule has 0 saturated heterocycles. The molecule has 0 nitrogen and oxygen atoms in total. The highest BCUT2D eigenvalue weighted by Crippen LogP contribution is 2.16. The van der Waals surface area contributed by atoms with Crippen LogP contribution in [0, 0.1) is 12.7 Å². The Bertz CT molecular complexity index is 398. The van der Waals surface area contributed by atoms with E-state index in [9.17, 15) is 4.39 Å². The Morgan fingerprint density at radius 3 is 2.79 bits per heavy atom. The predicted octanol–water partition coefficient (Wildman–Crippen LogP) is 3.79. The molecule has 0 aliphatic rings. The van der Waals surface area contributed by atoms with Gasteiger partial charge in [0.05, 0.1) is 0 Å². The summed E-state index contributed by atoms with van der Waals surface area (Å²) in [6, 6.07) is 9.28. The molecule has 0 radical (unpaired) electrons. The standard InChI is InChI=1S/C12H11FS/c1-9-5-10(7-11(13)6-9)8-12-3-2-4-14-12/h2-7H,8H2,1H3. The molecule has 14 heavy (non-hydrogen) atoms. The van der Waals surface area contributed by atoms with Crippen LogP contribution in [-0.4, -0.2) is 0 Å². The molecule has 2 aromatic rings. The average molecular weight is 206 g/mol. The number of hydrogen-bond acceptors (Lipinski definition) is 1. The maximum atomic E-state index is 13.1. The van der Waals surface area contributed by atoms with E-state index in [0.29, 0.717) is 0 Å². The van der Waals surface area contributed by atoms with Gasteiger partial charge in [-0.1, -0.05) is 12.1 Å². The summed E-state index contributed by atoms with van der Waals surface area (Å²) in [4.78, 5) is 1.27. The van der Waals surface area contributed by atoms with Gasteiger partial charge in [0.15, 0.2) is 0 Å². The second kappa shape index (κ2) is 3.93. The van der Waals surface area contributed by atoms with Gasteiger partial charge in [0.2, 0.25) is 0 Å². The Kier molecular flexibility index (Phi) is 2.64. The van der Waals surface area contributed by atoms with Gasteiger partial charge in [-0.25, -0.2) is 4.39 Å². The molecule has 0 atom stereocenters. The van der Waals surface area contributed by atoms with E-state index in [0.717, 1.165) is 17.5 Å². The second-order valence-corrected chi connectivity index (χ2v) is 4.43. The number of halogens is 1. The van der Waals surface area contributed by atoms with Gasteiger partial charge in [0.25, 0.3) is 0 Å². The van der Waals surface area contributed by atoms with Gasteiger partial charge in [-0.2, -0.15) is 0 Å². The lowest BCUT2D eigenvalue weighted by Crippen LogP contribution is -1.88. The van der Waals surface area contributed by atoms with Crippen LogP contribution in [0.4, 0.5) is 4.39 Å². The molecule has 0 saturated carbocycles. The van der Waals surface area contributed by atoms with Gasteiger partial charge < -0.3 is 0 Å². The summed E-state index contributed by atoms with van der Waals surface area (Å²) in [5.41, 5.74) is 2.03. The van der Waals surface area contributed by atoms with Crippen LogP contribution in [0.25, 0.3) is 0 Å². The van der Waals surface area contributed by atoms with Crippen molar-refractivity contribution in [3.05, 3.63) is 57.5 Å². The van der Waals surface area contributed by atoms with E-state index in [1.807, 2.05) is 24.4 Å². The fourth-order valence-electron chi connectivity index (χ4n) is 1.53. The normalized spacial score (nSPS) is 10.4. The molecule has 0 bridgehead atoms. The zero-order chi connectivity index (χ0) is 9.97. The maximum absolute atomic E-state index is 13.1. The largest absolute Gasteiger partial charge is 0.207 e. The Morgan fingerprint density at radius 1 is 1.29 bits per heavy atom. The Labute approximate surface area is 87.0 Å². The molecular formula is C12H11FS. The van der Waals surface area contributed by atoms with Gasteiger partial charge in [-0.3, -0.25) is 0 Å². The fourth-order valence-corrected chi connectivity index (χ4v) is 2.27. The summed E-state index contributed by atoms with van der Waals surface area (Å²) in [7, 11) is 0. The van der Waals surface area contributed by atoms with E-state index in [4.69, 9.17) is 0 Å². The summed E-state index contributed by atoms with van der Waals surface area (Å²) in [5, 5.41) is 2.04. The molecule has 2 rings (SSSR count). The fraction of sp³-hybridized carbons (Fsp3) is 0.167. The molecule has 1 aromatic carbocycles. The van der Waals surface area contributed by atoms with Gasteiger partial charge in [-0.15, -0.1) is 11.3 Å². The quantitative estimate of drug-likeness (QED) is 0.701. The first-order chi connectivity index (χ1) is 6.74. The zero-order valence-electron chi connectivity index (χ0n) is 7.96. The van der Waals surface area contributed by atoms with E-state index in [1.165, 1.54) is 4.88 Å². The molecule has 2 heteroatoms. The van der Waals surface area contributed by atoms with E-state index in [2.05, 4.69) is 6.07 Å². The minimum absolute atomic E-state index is 0.142. The molecule has 0 fully saturated rings. The van der Waals surface area contributed by atoms with Crippen molar-refractivity contribution in [2.45, 2.75) is 13.3 Å². The first kappa shape index (κ1) is 9.41. The van der Waals surface area contributed by atoms with E-state index in [-0.39, 0.29) is 5.82 Å². The van der Waals surface area contributed by atoms with Gasteiger partial charge in [0.1, 0.15) is 5.82 Å². The third kappa shape index (κ3) is 2.20. The third-order valence-corrected chi connectivity index (χ3v) is 2.94. The van der Waals surface area contributed by atoms with Crippen LogP contribution < -0.4 is 0 Å². The molecule has 0 amide bonds. The number of hydrogen-bond donors (Lipinski definition) is 0. The zero-order valence-corrected chi connectivity index (χ0v) is 8.77. The molecule has 0 unspecified atom stereocenters. The summed E-state index contributed by atoms with van der Waals surface area (Å²) in [6.07, 6.45) is 0.830. The maximum Gasteiger partial charge on any atom is 0.123 e. The van der Waals surface area contributed by atoms with Crippen LogP contribution in [-0.2, 0) is 6.42 Å². The Morgan fingerprint density at radius 2 is 2.14 bits per heavy atom. The highest BCUT2D eigenvalue weighted by atomic mass is 32.1. The molecule has 1 heterocycles. The van der Waals surface area contributed by atoms with Gasteiger partial charge >= 0.3 is 0 Å². The van der Waals surface area contributed by atoms with Crippen molar-refractivity contribution in [3.63, 3.8) is 0 Å². The van der Waals surface area contributed by atoms with Crippen molar-refractivity contribution in [2.75, 3.05) is 0 Å². The van der Waals surface area contributed by atoms with Crippen molar-refractivity contribution in [3.8, 4) is 0 Å². The average Bonchev–Trinajstić information content (AvgIpc) is 2.54. The number of thiophene rings is 1. The summed E-state index contributed by atoms with van der Waals surface area (Å²) in [6.45, 7) is 1.92. The minimum atomic E-state index is -0.142. The molecule has 0 spiro atoms. The predicted molar refractivity (Wildman–Crippen MR) is 58.3 cm³/mol. The van der Waals surface area contributed by atoms with Crippen molar-refractivity contribution < 1.29 is 4.39 Å². The first-order valence-electron chi connectivity index (χ1n) is 4.52. The topological polar surface area (TPSA) is 0 Å². The van der Waals surface area contributed by atoms with Crippen molar-refractivity contribution in [1.29, 1.82) is 0 Å². The van der Waals surface area contributed by atoms with Gasteiger partial charge in [0, 0.05) is 11.3 Å². The first-order valence-corrected chi connectivity index (χ1v) is 5.40. The van der Waals surface area contributed by atoms with Crippen molar-refractivity contribution in [1.82, 2.24) is 0 Å². The molecule has 0 aliphatic carbocycles. The van der Waals surface area contributed by atoms with Crippen LogP contribution in [0.2, 0.25) is 0 Å². The lowest BCUT2D eigenvalue weighted by atomic mass is 10.1. The number of rotatable bonds is 2. The van der Waals surface area contributed by atoms with E-state index < -0.39 is 0 Å². The summed E-state index contributed by atoms with van der Waals surface area (Å²) < 4.78 is 13.1. The van der Waals surface area contributed by atoms with Crippen LogP contribution in [0.15, 0.2) is 35.7 Å². The van der Waals surface area contributed by atoms with Crippen LogP contribution in [0.1, 0.15) is 16.0 Å². The minimum Gasteiger partial charge on any atom is -0.207 e. The summed E-state index contributed by atoms with van der Waals surface area (Å²) in [5.74, 6) is -0.142. The Balaban J connectivity index is 2.25. The van der Waals surface area contributed by atoms with E-state index >= 15 is 0 Å². The second-order valence-electron chi connectivity index (χ2n) is 3.39. The molecule has 0 N–H and O–H groups in total. The van der Waals surface area contributed by atoms with E-state index in [1.54, 1.807) is 23.5 Å². The lowest BCUT2D eigenvalue weighted by molar-refractivity contribution is 0.625. The highest BCUT2D eigenvalue weighted by molar-refractivity contribution is 7.09. The van der Waals surface area contributed by atoms with Crippen LogP contribution >= 0.6 is 11.3 Å². The molecule has 0 aliphatic heterocycles. The highest BCUT2D eigenvalue weighted by Gasteiger charge is 2.00. The monoisotopic (exact) mass is 206 g/mol.